The molecule has 1 saturated heterocycles. The largest absolute Gasteiger partial charge is 0.418 e. The van der Waals surface area contributed by atoms with Gasteiger partial charge in [-0.1, -0.05) is 6.07 Å². The van der Waals surface area contributed by atoms with Crippen LogP contribution in [-0.2, 0) is 28.4 Å². The van der Waals surface area contributed by atoms with E-state index in [1.54, 1.807) is 6.07 Å². The van der Waals surface area contributed by atoms with E-state index in [9.17, 15) is 26.3 Å². The van der Waals surface area contributed by atoms with Gasteiger partial charge in [-0.3, -0.25) is 4.98 Å². The van der Waals surface area contributed by atoms with Crippen LogP contribution >= 0.6 is 0 Å². The molecule has 0 amide bonds. The monoisotopic (exact) mass is 548 g/mol. The maximum atomic E-state index is 13.6. The number of aromatic nitrogens is 3. The minimum absolute atomic E-state index is 0.0378. The minimum atomic E-state index is -4.61. The lowest BCUT2D eigenvalue weighted by Crippen LogP contribution is -2.22. The van der Waals surface area contributed by atoms with Crippen LogP contribution in [0, 0.1) is 0 Å². The quantitative estimate of drug-likeness (QED) is 0.252. The van der Waals surface area contributed by atoms with Crippen molar-refractivity contribution in [2.24, 2.45) is 0 Å². The lowest BCUT2D eigenvalue weighted by atomic mass is 10.0. The second-order valence-corrected chi connectivity index (χ2v) is 8.92. The number of hydrogen-bond donors (Lipinski definition) is 1. The highest BCUT2D eigenvalue weighted by Gasteiger charge is 2.34. The van der Waals surface area contributed by atoms with Crippen molar-refractivity contribution >= 4 is 22.4 Å². The highest BCUT2D eigenvalue weighted by Crippen LogP contribution is 2.37. The molecule has 0 spiro atoms. The number of alkyl halides is 6. The molecule has 2 aromatic heterocycles. The molecule has 4 aromatic rings. The van der Waals surface area contributed by atoms with Crippen molar-refractivity contribution in [2.75, 3.05) is 11.9 Å². The summed E-state index contributed by atoms with van der Waals surface area (Å²) in [7, 11) is 0. The SMILES string of the molecule is FC(F)(F)c1ccc(Nc2nc(COC3CCCCO3)nc3cc(-c4ncccc4C(F)(F)F)ccc23)cc1. The van der Waals surface area contributed by atoms with E-state index in [-0.39, 0.29) is 29.5 Å². The molecule has 6 nitrogen and oxygen atoms in total. The smallest absolute Gasteiger partial charge is 0.353 e. The zero-order valence-corrected chi connectivity index (χ0v) is 20.3. The van der Waals surface area contributed by atoms with Gasteiger partial charge < -0.3 is 14.8 Å². The number of ether oxygens (including phenoxy) is 2. The van der Waals surface area contributed by atoms with Crippen LogP contribution in [0.2, 0.25) is 0 Å². The fraction of sp³-hybridized carbons (Fsp3) is 0.296. The Morgan fingerprint density at radius 2 is 1.72 bits per heavy atom. The van der Waals surface area contributed by atoms with Gasteiger partial charge in [-0.05, 0) is 67.8 Å². The zero-order chi connectivity index (χ0) is 27.6. The average Bonchev–Trinajstić information content (AvgIpc) is 2.91. The van der Waals surface area contributed by atoms with Crippen LogP contribution in [0.25, 0.3) is 22.2 Å². The van der Waals surface area contributed by atoms with Gasteiger partial charge in [-0.25, -0.2) is 9.97 Å². The predicted octanol–water partition coefficient (Wildman–Crippen LogP) is 7.52. The molecule has 3 heterocycles. The van der Waals surface area contributed by atoms with Crippen molar-refractivity contribution < 1.29 is 35.8 Å². The molecule has 12 heteroatoms. The summed E-state index contributed by atoms with van der Waals surface area (Å²) in [5, 5.41) is 3.44. The standard InChI is InChI=1S/C27H22F6N4O2/c28-26(29,30)17-7-9-18(10-8-17)35-25-19-11-6-16(24-20(27(31,32)33)4-3-12-34-24)14-21(19)36-22(37-25)15-39-23-5-1-2-13-38-23/h3-4,6-12,14,23H,1-2,5,13,15H2,(H,35,36,37). The van der Waals surface area contributed by atoms with Gasteiger partial charge >= 0.3 is 12.4 Å². The normalized spacial score (nSPS) is 16.4. The van der Waals surface area contributed by atoms with Gasteiger partial charge in [0.25, 0.3) is 0 Å². The van der Waals surface area contributed by atoms with Crippen LogP contribution in [0.3, 0.4) is 0 Å². The Kier molecular flexibility index (Phi) is 7.41. The van der Waals surface area contributed by atoms with Crippen LogP contribution in [0.1, 0.15) is 36.2 Å². The lowest BCUT2D eigenvalue weighted by molar-refractivity contribution is -0.170. The topological polar surface area (TPSA) is 69.2 Å². The Morgan fingerprint density at radius 3 is 2.41 bits per heavy atom. The molecule has 39 heavy (non-hydrogen) atoms. The second kappa shape index (κ2) is 10.8. The third-order valence-electron chi connectivity index (χ3n) is 6.14. The number of halogens is 6. The molecule has 1 N–H and O–H groups in total. The molecule has 1 fully saturated rings. The van der Waals surface area contributed by atoms with Gasteiger partial charge in [-0.2, -0.15) is 26.3 Å². The second-order valence-electron chi connectivity index (χ2n) is 8.92. The van der Waals surface area contributed by atoms with E-state index in [0.29, 0.717) is 29.6 Å². The van der Waals surface area contributed by atoms with Crippen molar-refractivity contribution in [1.29, 1.82) is 0 Å². The third kappa shape index (κ3) is 6.28. The van der Waals surface area contributed by atoms with Crippen molar-refractivity contribution in [3.63, 3.8) is 0 Å². The molecule has 1 aliphatic rings. The predicted molar refractivity (Wildman–Crippen MR) is 131 cm³/mol. The third-order valence-corrected chi connectivity index (χ3v) is 6.14. The first-order valence-electron chi connectivity index (χ1n) is 12.1. The van der Waals surface area contributed by atoms with Gasteiger partial charge in [0.2, 0.25) is 0 Å². The molecule has 2 aromatic carbocycles. The molecule has 0 bridgehead atoms. The number of hydrogen-bond acceptors (Lipinski definition) is 6. The summed E-state index contributed by atoms with van der Waals surface area (Å²) in [5.74, 6) is 0.479. The Bertz CT molecular complexity index is 1450. The molecule has 1 unspecified atom stereocenters. The molecular weight excluding hydrogens is 526 g/mol. The summed E-state index contributed by atoms with van der Waals surface area (Å²) < 4.78 is 91.2. The van der Waals surface area contributed by atoms with Crippen LogP contribution in [0.5, 0.6) is 0 Å². The van der Waals surface area contributed by atoms with Crippen molar-refractivity contribution in [2.45, 2.75) is 44.5 Å². The number of nitrogens with zero attached hydrogens (tertiary/aromatic N) is 3. The fourth-order valence-corrected chi connectivity index (χ4v) is 4.24. The van der Waals surface area contributed by atoms with Crippen LogP contribution in [-0.4, -0.2) is 27.8 Å². The maximum absolute atomic E-state index is 13.6. The molecule has 1 aliphatic heterocycles. The molecular formula is C27H22F6N4O2. The summed E-state index contributed by atoms with van der Waals surface area (Å²) in [6.45, 7) is 0.531. The van der Waals surface area contributed by atoms with E-state index in [0.717, 1.165) is 31.0 Å². The fourth-order valence-electron chi connectivity index (χ4n) is 4.24. The minimum Gasteiger partial charge on any atom is -0.353 e. The van der Waals surface area contributed by atoms with E-state index in [1.807, 2.05) is 0 Å². The van der Waals surface area contributed by atoms with Crippen LogP contribution < -0.4 is 5.32 Å². The molecule has 1 atom stereocenters. The first kappa shape index (κ1) is 26.8. The van der Waals surface area contributed by atoms with E-state index in [4.69, 9.17) is 9.47 Å². The summed E-state index contributed by atoms with van der Waals surface area (Å²) >= 11 is 0. The first-order chi connectivity index (χ1) is 18.6. The van der Waals surface area contributed by atoms with Crippen molar-refractivity contribution in [1.82, 2.24) is 15.0 Å². The van der Waals surface area contributed by atoms with Crippen LogP contribution in [0.15, 0.2) is 60.8 Å². The van der Waals surface area contributed by atoms with E-state index >= 15 is 0 Å². The van der Waals surface area contributed by atoms with Gasteiger partial charge in [0.05, 0.1) is 22.3 Å². The van der Waals surface area contributed by atoms with Gasteiger partial charge in [0, 0.05) is 29.4 Å². The Morgan fingerprint density at radius 1 is 0.923 bits per heavy atom. The van der Waals surface area contributed by atoms with Crippen molar-refractivity contribution in [3.8, 4) is 11.3 Å². The van der Waals surface area contributed by atoms with Crippen molar-refractivity contribution in [3.05, 3.63) is 77.7 Å². The molecule has 0 saturated carbocycles. The molecule has 5 rings (SSSR count). The Hall–Kier alpha value is -3.77. The highest BCUT2D eigenvalue weighted by molar-refractivity contribution is 5.93. The first-order valence-corrected chi connectivity index (χ1v) is 12.1. The number of anilines is 2. The molecule has 0 radical (unpaired) electrons. The number of fused-ring (bicyclic) bond motifs is 1. The molecule has 0 aliphatic carbocycles. The van der Waals surface area contributed by atoms with E-state index < -0.39 is 29.8 Å². The van der Waals surface area contributed by atoms with Gasteiger partial charge in [0.15, 0.2) is 12.1 Å². The highest BCUT2D eigenvalue weighted by atomic mass is 19.4. The maximum Gasteiger partial charge on any atom is 0.418 e. The summed E-state index contributed by atoms with van der Waals surface area (Å²) in [6.07, 6.45) is -5.67. The number of benzene rings is 2. The number of pyridine rings is 1. The number of nitrogens with one attached hydrogen (secondary N) is 1. The van der Waals surface area contributed by atoms with E-state index in [1.165, 1.54) is 36.5 Å². The molecule has 204 valence electrons. The van der Waals surface area contributed by atoms with Gasteiger partial charge in [-0.15, -0.1) is 0 Å². The Labute approximate surface area is 219 Å². The average molecular weight is 548 g/mol. The Balaban J connectivity index is 1.53. The van der Waals surface area contributed by atoms with E-state index in [2.05, 4.69) is 20.3 Å². The summed E-state index contributed by atoms with van der Waals surface area (Å²) in [6, 6.07) is 11.0. The number of rotatable bonds is 6. The zero-order valence-electron chi connectivity index (χ0n) is 20.3. The van der Waals surface area contributed by atoms with Gasteiger partial charge in [0.1, 0.15) is 12.4 Å². The lowest BCUT2D eigenvalue weighted by Gasteiger charge is -2.22. The summed E-state index contributed by atoms with van der Waals surface area (Å²) in [5.41, 5.74) is -1.12. The van der Waals surface area contributed by atoms with Crippen LogP contribution in [0.4, 0.5) is 37.8 Å². The summed E-state index contributed by atoms with van der Waals surface area (Å²) in [4.78, 5) is 12.9.